The molecule has 3 heteroatoms. The molecule has 3 nitrogen and oxygen atoms in total. The first kappa shape index (κ1) is 13.1. The minimum Gasteiger partial charge on any atom is -0.388 e. The zero-order valence-corrected chi connectivity index (χ0v) is 10.5. The number of nitrogens with zero attached hydrogens (tertiary/aromatic N) is 2. The SMILES string of the molecule is CCCCCC(O)c1cc(C)nnc1CC. The average molecular weight is 222 g/mol. The minimum atomic E-state index is -0.379. The van der Waals surface area contributed by atoms with Crippen LogP contribution in [0.1, 0.15) is 62.6 Å². The van der Waals surface area contributed by atoms with Gasteiger partial charge in [-0.15, -0.1) is 0 Å². The molecule has 90 valence electrons. The third kappa shape index (κ3) is 3.56. The molecule has 1 unspecified atom stereocenters. The van der Waals surface area contributed by atoms with Crippen molar-refractivity contribution >= 4 is 0 Å². The van der Waals surface area contributed by atoms with Crippen LogP contribution in [0.4, 0.5) is 0 Å². The van der Waals surface area contributed by atoms with Crippen molar-refractivity contribution in [2.24, 2.45) is 0 Å². The second-order valence-corrected chi connectivity index (χ2v) is 4.25. The molecule has 0 bridgehead atoms. The second-order valence-electron chi connectivity index (χ2n) is 4.25. The van der Waals surface area contributed by atoms with Gasteiger partial charge in [-0.2, -0.15) is 10.2 Å². The molecule has 0 aliphatic carbocycles. The first-order valence-corrected chi connectivity index (χ1v) is 6.20. The molecule has 0 aliphatic heterocycles. The van der Waals surface area contributed by atoms with Gasteiger partial charge in [0.15, 0.2) is 0 Å². The quantitative estimate of drug-likeness (QED) is 0.753. The van der Waals surface area contributed by atoms with E-state index in [0.29, 0.717) is 0 Å². The molecule has 0 saturated heterocycles. The van der Waals surface area contributed by atoms with Gasteiger partial charge >= 0.3 is 0 Å². The molecular weight excluding hydrogens is 200 g/mol. The topological polar surface area (TPSA) is 46.0 Å². The Morgan fingerprint density at radius 2 is 2.00 bits per heavy atom. The lowest BCUT2D eigenvalue weighted by Gasteiger charge is -2.13. The number of aliphatic hydroxyl groups is 1. The zero-order valence-electron chi connectivity index (χ0n) is 10.5. The first-order valence-electron chi connectivity index (χ1n) is 6.20. The number of rotatable bonds is 6. The summed E-state index contributed by atoms with van der Waals surface area (Å²) < 4.78 is 0. The predicted octanol–water partition coefficient (Wildman–Crippen LogP) is 2.96. The molecule has 0 amide bonds. The van der Waals surface area contributed by atoms with Gasteiger partial charge in [0.2, 0.25) is 0 Å². The summed E-state index contributed by atoms with van der Waals surface area (Å²) in [5.41, 5.74) is 2.77. The van der Waals surface area contributed by atoms with Crippen molar-refractivity contribution in [3.8, 4) is 0 Å². The summed E-state index contributed by atoms with van der Waals surface area (Å²) >= 11 is 0. The lowest BCUT2D eigenvalue weighted by atomic mass is 10.0. The number of aryl methyl sites for hydroxylation is 2. The van der Waals surface area contributed by atoms with E-state index in [9.17, 15) is 5.11 Å². The van der Waals surface area contributed by atoms with Gasteiger partial charge in [-0.3, -0.25) is 0 Å². The molecular formula is C13H22N2O. The Hall–Kier alpha value is -0.960. The van der Waals surface area contributed by atoms with Gasteiger partial charge < -0.3 is 5.11 Å². The number of aliphatic hydroxyl groups excluding tert-OH is 1. The molecule has 1 atom stereocenters. The highest BCUT2D eigenvalue weighted by Gasteiger charge is 2.13. The van der Waals surface area contributed by atoms with Gasteiger partial charge in [0.25, 0.3) is 0 Å². The van der Waals surface area contributed by atoms with Gasteiger partial charge in [0, 0.05) is 5.56 Å². The number of unbranched alkanes of at least 4 members (excludes halogenated alkanes) is 2. The van der Waals surface area contributed by atoms with Crippen molar-refractivity contribution in [2.75, 3.05) is 0 Å². The normalized spacial score (nSPS) is 12.8. The summed E-state index contributed by atoms with van der Waals surface area (Å²) in [6.07, 6.45) is 4.70. The Kier molecular flexibility index (Phi) is 5.39. The minimum absolute atomic E-state index is 0.379. The van der Waals surface area contributed by atoms with Crippen molar-refractivity contribution in [3.63, 3.8) is 0 Å². The summed E-state index contributed by atoms with van der Waals surface area (Å²) in [4.78, 5) is 0. The van der Waals surface area contributed by atoms with Crippen LogP contribution in [0.5, 0.6) is 0 Å². The highest BCUT2D eigenvalue weighted by atomic mass is 16.3. The molecule has 0 saturated carbocycles. The Balaban J connectivity index is 2.72. The van der Waals surface area contributed by atoms with E-state index < -0.39 is 0 Å². The summed E-state index contributed by atoms with van der Waals surface area (Å²) in [6.45, 7) is 6.12. The lowest BCUT2D eigenvalue weighted by molar-refractivity contribution is 0.161. The second kappa shape index (κ2) is 6.59. The average Bonchev–Trinajstić information content (AvgIpc) is 2.29. The fourth-order valence-electron chi connectivity index (χ4n) is 1.84. The third-order valence-corrected chi connectivity index (χ3v) is 2.80. The summed E-state index contributed by atoms with van der Waals surface area (Å²) in [7, 11) is 0. The largest absolute Gasteiger partial charge is 0.388 e. The van der Waals surface area contributed by atoms with Crippen LogP contribution in [0, 0.1) is 6.92 Å². The molecule has 1 heterocycles. The summed E-state index contributed by atoms with van der Waals surface area (Å²) in [5, 5.41) is 18.3. The maximum absolute atomic E-state index is 10.1. The molecule has 0 aromatic carbocycles. The van der Waals surface area contributed by atoms with Crippen LogP contribution in [0.15, 0.2) is 6.07 Å². The number of hydrogen-bond acceptors (Lipinski definition) is 3. The Morgan fingerprint density at radius 1 is 1.25 bits per heavy atom. The standard InChI is InChI=1S/C13H22N2O/c1-4-6-7-8-13(16)11-9-10(3)14-15-12(11)5-2/h9,13,16H,4-8H2,1-3H3. The summed E-state index contributed by atoms with van der Waals surface area (Å²) in [6, 6.07) is 1.96. The van der Waals surface area contributed by atoms with Crippen LogP contribution in [0.3, 0.4) is 0 Å². The van der Waals surface area contributed by atoms with Crippen molar-refractivity contribution < 1.29 is 5.11 Å². The lowest BCUT2D eigenvalue weighted by Crippen LogP contribution is -2.06. The first-order chi connectivity index (χ1) is 7.69. The van der Waals surface area contributed by atoms with E-state index in [4.69, 9.17) is 0 Å². The highest BCUT2D eigenvalue weighted by Crippen LogP contribution is 2.22. The smallest absolute Gasteiger partial charge is 0.0809 e. The van der Waals surface area contributed by atoms with Gasteiger partial charge in [-0.25, -0.2) is 0 Å². The van der Waals surface area contributed by atoms with Crippen LogP contribution in [0.2, 0.25) is 0 Å². The molecule has 0 spiro atoms. The van der Waals surface area contributed by atoms with Crippen molar-refractivity contribution in [3.05, 3.63) is 23.0 Å². The van der Waals surface area contributed by atoms with Crippen LogP contribution >= 0.6 is 0 Å². The zero-order chi connectivity index (χ0) is 12.0. The monoisotopic (exact) mass is 222 g/mol. The summed E-state index contributed by atoms with van der Waals surface area (Å²) in [5.74, 6) is 0. The molecule has 0 fully saturated rings. The van der Waals surface area contributed by atoms with E-state index in [1.165, 1.54) is 12.8 Å². The molecule has 1 aromatic rings. The van der Waals surface area contributed by atoms with E-state index in [1.807, 2.05) is 19.9 Å². The predicted molar refractivity (Wildman–Crippen MR) is 65.2 cm³/mol. The molecule has 1 aromatic heterocycles. The van der Waals surface area contributed by atoms with Gasteiger partial charge in [0.05, 0.1) is 17.5 Å². The highest BCUT2D eigenvalue weighted by molar-refractivity contribution is 5.23. The maximum Gasteiger partial charge on any atom is 0.0809 e. The Bertz CT molecular complexity index is 326. The maximum atomic E-state index is 10.1. The Morgan fingerprint density at radius 3 is 2.62 bits per heavy atom. The molecule has 0 aliphatic rings. The van der Waals surface area contributed by atoms with Crippen LogP contribution in [-0.2, 0) is 6.42 Å². The van der Waals surface area contributed by atoms with Gasteiger partial charge in [0.1, 0.15) is 0 Å². The fraction of sp³-hybridized carbons (Fsp3) is 0.692. The Labute approximate surface area is 97.9 Å². The van der Waals surface area contributed by atoms with Crippen molar-refractivity contribution in [1.82, 2.24) is 10.2 Å². The molecule has 1 N–H and O–H groups in total. The van der Waals surface area contributed by atoms with E-state index in [1.54, 1.807) is 0 Å². The number of aromatic nitrogens is 2. The molecule has 0 radical (unpaired) electrons. The fourth-order valence-corrected chi connectivity index (χ4v) is 1.84. The van der Waals surface area contributed by atoms with Crippen molar-refractivity contribution in [2.45, 2.75) is 59.0 Å². The van der Waals surface area contributed by atoms with Crippen LogP contribution < -0.4 is 0 Å². The third-order valence-electron chi connectivity index (χ3n) is 2.80. The van der Waals surface area contributed by atoms with Crippen molar-refractivity contribution in [1.29, 1.82) is 0 Å². The van der Waals surface area contributed by atoms with E-state index in [-0.39, 0.29) is 6.10 Å². The molecule has 16 heavy (non-hydrogen) atoms. The number of hydrogen-bond donors (Lipinski definition) is 1. The van der Waals surface area contributed by atoms with Crippen LogP contribution in [-0.4, -0.2) is 15.3 Å². The van der Waals surface area contributed by atoms with Crippen LogP contribution in [0.25, 0.3) is 0 Å². The molecule has 1 rings (SSSR count). The van der Waals surface area contributed by atoms with Gasteiger partial charge in [-0.1, -0.05) is 33.1 Å². The van der Waals surface area contributed by atoms with Gasteiger partial charge in [-0.05, 0) is 25.8 Å². The van der Waals surface area contributed by atoms with E-state index in [2.05, 4.69) is 17.1 Å². The van der Waals surface area contributed by atoms with E-state index in [0.717, 1.165) is 36.2 Å². The van der Waals surface area contributed by atoms with E-state index >= 15 is 0 Å².